The van der Waals surface area contributed by atoms with Crippen molar-refractivity contribution in [3.05, 3.63) is 30.9 Å². The highest BCUT2D eigenvalue weighted by Crippen LogP contribution is 2.25. The summed E-state index contributed by atoms with van der Waals surface area (Å²) in [5.41, 5.74) is 0. The van der Waals surface area contributed by atoms with E-state index in [-0.39, 0.29) is 11.5 Å². The molecule has 0 N–H and O–H groups in total. The first kappa shape index (κ1) is 15.6. The predicted octanol–water partition coefficient (Wildman–Crippen LogP) is -0.0245. The highest BCUT2D eigenvalue weighted by molar-refractivity contribution is 6.50. The molecule has 20 heavy (non-hydrogen) atoms. The van der Waals surface area contributed by atoms with Crippen LogP contribution in [-0.4, -0.2) is 27.7 Å². The van der Waals surface area contributed by atoms with Gasteiger partial charge in [-0.1, -0.05) is 18.7 Å². The molecule has 0 spiro atoms. The van der Waals surface area contributed by atoms with Gasteiger partial charge in [0.15, 0.2) is 11.5 Å². The summed E-state index contributed by atoms with van der Waals surface area (Å²) in [6, 6.07) is 4.76. The molecule has 0 radical (unpaired) electrons. The Balaban J connectivity index is 3.07. The van der Waals surface area contributed by atoms with Gasteiger partial charge in [0.25, 0.3) is 9.76 Å². The summed E-state index contributed by atoms with van der Waals surface area (Å²) in [5, 5.41) is 0.536. The third-order valence-corrected chi connectivity index (χ3v) is 3.39. The zero-order chi connectivity index (χ0) is 15.1. The molecule has 0 heterocycles. The molecule has 1 aromatic rings. The molecule has 106 valence electrons. The van der Waals surface area contributed by atoms with Crippen LogP contribution in [0.3, 0.4) is 0 Å². The Labute approximate surface area is 118 Å². The quantitative estimate of drug-likeness (QED) is 0.328. The molecule has 0 aliphatic carbocycles. The third-order valence-electron chi connectivity index (χ3n) is 2.10. The molecular formula is C13H14O6Si. The maximum atomic E-state index is 11.1. The molecular weight excluding hydrogens is 280 g/mol. The lowest BCUT2D eigenvalue weighted by atomic mass is 10.3. The first-order chi connectivity index (χ1) is 9.43. The van der Waals surface area contributed by atoms with Crippen LogP contribution in [0.25, 0.3) is 0 Å². The monoisotopic (exact) mass is 294 g/mol. The second-order valence-electron chi connectivity index (χ2n) is 3.74. The first-order valence-electron chi connectivity index (χ1n) is 5.72. The van der Waals surface area contributed by atoms with Crippen molar-refractivity contribution in [2.45, 2.75) is 13.8 Å². The van der Waals surface area contributed by atoms with E-state index in [2.05, 4.69) is 6.58 Å². The molecule has 0 saturated heterocycles. The SMILES string of the molecule is C=CC(=O)O[SiH2]c1cccc(OC(C)=O)c1OC(C)=O. The van der Waals surface area contributed by atoms with Crippen LogP contribution in [0, 0.1) is 0 Å². The lowest BCUT2D eigenvalue weighted by molar-refractivity contribution is -0.134. The average molecular weight is 294 g/mol. The van der Waals surface area contributed by atoms with Gasteiger partial charge in [0.1, 0.15) is 0 Å². The van der Waals surface area contributed by atoms with Crippen LogP contribution in [0.5, 0.6) is 11.5 Å². The van der Waals surface area contributed by atoms with Crippen LogP contribution >= 0.6 is 0 Å². The van der Waals surface area contributed by atoms with Crippen LogP contribution in [0.15, 0.2) is 30.9 Å². The van der Waals surface area contributed by atoms with Gasteiger partial charge < -0.3 is 13.9 Å². The van der Waals surface area contributed by atoms with Crippen LogP contribution < -0.4 is 14.7 Å². The molecule has 0 amide bonds. The summed E-state index contributed by atoms with van der Waals surface area (Å²) >= 11 is 0. The standard InChI is InChI=1S/C13H14O6Si/c1-4-12(16)19-20-11-7-5-6-10(17-8(2)14)13(11)18-9(3)15/h4-7H,1,20H2,2-3H3. The number of hydrogen-bond acceptors (Lipinski definition) is 6. The van der Waals surface area contributed by atoms with Gasteiger partial charge in [0.05, 0.1) is 0 Å². The number of carbonyl (C=O) groups is 3. The lowest BCUT2D eigenvalue weighted by Crippen LogP contribution is -2.24. The average Bonchev–Trinajstić information content (AvgIpc) is 2.37. The predicted molar refractivity (Wildman–Crippen MR) is 73.5 cm³/mol. The van der Waals surface area contributed by atoms with E-state index in [0.29, 0.717) is 5.19 Å². The second-order valence-corrected chi connectivity index (χ2v) is 5.08. The molecule has 0 aromatic heterocycles. The van der Waals surface area contributed by atoms with Gasteiger partial charge >= 0.3 is 17.9 Å². The maximum absolute atomic E-state index is 11.1. The molecule has 6 nitrogen and oxygen atoms in total. The van der Waals surface area contributed by atoms with Crippen LogP contribution in [0.2, 0.25) is 0 Å². The van der Waals surface area contributed by atoms with Crippen LogP contribution in [-0.2, 0) is 18.8 Å². The fourth-order valence-corrected chi connectivity index (χ4v) is 2.40. The van der Waals surface area contributed by atoms with E-state index in [1.807, 2.05) is 0 Å². The number of para-hydroxylation sites is 1. The number of esters is 2. The van der Waals surface area contributed by atoms with E-state index in [4.69, 9.17) is 13.9 Å². The molecule has 1 aromatic carbocycles. The summed E-state index contributed by atoms with van der Waals surface area (Å²) in [7, 11) is -1.49. The number of hydrogen-bond donors (Lipinski definition) is 0. The molecule has 0 aliphatic heterocycles. The van der Waals surface area contributed by atoms with E-state index in [1.54, 1.807) is 12.1 Å². The Morgan fingerprint density at radius 2 is 1.80 bits per heavy atom. The Kier molecular flexibility index (Phi) is 5.67. The number of ether oxygens (including phenoxy) is 2. The molecule has 0 saturated carbocycles. The lowest BCUT2D eigenvalue weighted by Gasteiger charge is -2.12. The van der Waals surface area contributed by atoms with Gasteiger partial charge in [0.2, 0.25) is 0 Å². The normalized spacial score (nSPS) is 10.1. The maximum Gasteiger partial charge on any atom is 0.316 e. The van der Waals surface area contributed by atoms with E-state index >= 15 is 0 Å². The number of carbonyl (C=O) groups excluding carboxylic acids is 3. The van der Waals surface area contributed by atoms with Gasteiger partial charge in [-0.15, -0.1) is 0 Å². The fourth-order valence-electron chi connectivity index (χ4n) is 1.38. The van der Waals surface area contributed by atoms with Crippen molar-refractivity contribution in [2.24, 2.45) is 0 Å². The van der Waals surface area contributed by atoms with Crippen LogP contribution in [0.1, 0.15) is 13.8 Å². The van der Waals surface area contributed by atoms with E-state index in [9.17, 15) is 14.4 Å². The highest BCUT2D eigenvalue weighted by atomic mass is 28.2. The first-order valence-corrected chi connectivity index (χ1v) is 7.00. The van der Waals surface area contributed by atoms with Gasteiger partial charge in [-0.3, -0.25) is 9.59 Å². The summed E-state index contributed by atoms with van der Waals surface area (Å²) in [5.74, 6) is -1.43. The Morgan fingerprint density at radius 1 is 1.15 bits per heavy atom. The van der Waals surface area contributed by atoms with Crippen LogP contribution in [0.4, 0.5) is 0 Å². The zero-order valence-electron chi connectivity index (χ0n) is 11.2. The molecule has 0 bridgehead atoms. The molecule has 7 heteroatoms. The largest absolute Gasteiger partial charge is 0.517 e. The molecule has 0 aliphatic rings. The minimum absolute atomic E-state index is 0.110. The minimum atomic E-state index is -1.49. The van der Waals surface area contributed by atoms with E-state index in [0.717, 1.165) is 6.08 Å². The van der Waals surface area contributed by atoms with Crippen molar-refractivity contribution in [2.75, 3.05) is 0 Å². The molecule has 1 rings (SSSR count). The van der Waals surface area contributed by atoms with Crippen molar-refractivity contribution in [3.63, 3.8) is 0 Å². The Hall–Kier alpha value is -2.41. The molecule has 0 atom stereocenters. The molecule has 0 fully saturated rings. The van der Waals surface area contributed by atoms with E-state index < -0.39 is 27.7 Å². The van der Waals surface area contributed by atoms with Gasteiger partial charge in [-0.05, 0) is 6.07 Å². The summed E-state index contributed by atoms with van der Waals surface area (Å²) in [4.78, 5) is 33.2. The van der Waals surface area contributed by atoms with E-state index in [1.165, 1.54) is 19.9 Å². The second kappa shape index (κ2) is 7.24. The van der Waals surface area contributed by atoms with Crippen molar-refractivity contribution in [1.82, 2.24) is 0 Å². The summed E-state index contributed by atoms with van der Waals surface area (Å²) < 4.78 is 15.0. The smallest absolute Gasteiger partial charge is 0.316 e. The number of rotatable bonds is 5. The zero-order valence-corrected chi connectivity index (χ0v) is 12.6. The fraction of sp³-hybridized carbons (Fsp3) is 0.154. The number of benzene rings is 1. The molecule has 0 unspecified atom stereocenters. The topological polar surface area (TPSA) is 78.9 Å². The van der Waals surface area contributed by atoms with Gasteiger partial charge in [0, 0.05) is 25.1 Å². The Morgan fingerprint density at radius 3 is 2.35 bits per heavy atom. The Bertz CT molecular complexity index is 552. The van der Waals surface area contributed by atoms with Crippen molar-refractivity contribution in [3.8, 4) is 11.5 Å². The van der Waals surface area contributed by atoms with Crippen molar-refractivity contribution >= 4 is 32.9 Å². The van der Waals surface area contributed by atoms with Gasteiger partial charge in [-0.25, -0.2) is 4.79 Å². The third kappa shape index (κ3) is 4.69. The van der Waals surface area contributed by atoms with Gasteiger partial charge in [-0.2, -0.15) is 0 Å². The van der Waals surface area contributed by atoms with Crippen molar-refractivity contribution in [1.29, 1.82) is 0 Å². The highest BCUT2D eigenvalue weighted by Gasteiger charge is 2.16. The minimum Gasteiger partial charge on any atom is -0.517 e. The van der Waals surface area contributed by atoms with Crippen molar-refractivity contribution < 1.29 is 28.3 Å². The summed E-state index contributed by atoms with van der Waals surface area (Å²) in [6.07, 6.45) is 1.05. The summed E-state index contributed by atoms with van der Waals surface area (Å²) in [6.45, 7) is 5.76.